The number of para-hydroxylation sites is 1. The van der Waals surface area contributed by atoms with Gasteiger partial charge in [-0.3, -0.25) is 9.59 Å². The Balaban J connectivity index is 2.19. The molecule has 2 rings (SSSR count). The number of carbonyl (C=O) groups excluding carboxylic acids is 2. The summed E-state index contributed by atoms with van der Waals surface area (Å²) >= 11 is 12.5. The molecule has 2 aromatic carbocycles. The monoisotopic (exact) mass is 454 g/mol. The maximum absolute atomic E-state index is 13.8. The summed E-state index contributed by atoms with van der Waals surface area (Å²) in [5, 5.41) is 3.58. The number of halogens is 3. The number of ether oxygens (including phenoxy) is 1. The summed E-state index contributed by atoms with van der Waals surface area (Å²) in [4.78, 5) is 26.9. The van der Waals surface area contributed by atoms with E-state index in [1.165, 1.54) is 23.1 Å². The van der Waals surface area contributed by atoms with E-state index in [1.54, 1.807) is 31.2 Å². The van der Waals surface area contributed by atoms with E-state index >= 15 is 0 Å². The number of hydrogen-bond acceptors (Lipinski definition) is 3. The molecule has 5 nitrogen and oxygen atoms in total. The number of benzene rings is 2. The molecule has 30 heavy (non-hydrogen) atoms. The van der Waals surface area contributed by atoms with Gasteiger partial charge < -0.3 is 15.0 Å². The Morgan fingerprint density at radius 1 is 1.13 bits per heavy atom. The topological polar surface area (TPSA) is 58.6 Å². The van der Waals surface area contributed by atoms with Gasteiger partial charge in [0.1, 0.15) is 6.04 Å². The Labute approximate surface area is 186 Å². The molecule has 0 aliphatic carbocycles. The predicted molar refractivity (Wildman–Crippen MR) is 116 cm³/mol. The van der Waals surface area contributed by atoms with Crippen LogP contribution in [0.2, 0.25) is 10.0 Å². The largest absolute Gasteiger partial charge is 0.481 e. The summed E-state index contributed by atoms with van der Waals surface area (Å²) < 4.78 is 19.1. The lowest BCUT2D eigenvalue weighted by atomic mass is 10.1. The summed E-state index contributed by atoms with van der Waals surface area (Å²) in [7, 11) is 0. The van der Waals surface area contributed by atoms with Crippen LogP contribution in [0.3, 0.4) is 0 Å². The maximum atomic E-state index is 13.8. The molecule has 0 saturated heterocycles. The zero-order chi connectivity index (χ0) is 22.1. The molecular weight excluding hydrogens is 430 g/mol. The Hall–Kier alpha value is -2.31. The van der Waals surface area contributed by atoms with E-state index < -0.39 is 24.4 Å². The van der Waals surface area contributed by atoms with Crippen LogP contribution in [0.4, 0.5) is 4.39 Å². The first-order valence-corrected chi connectivity index (χ1v) is 10.5. The van der Waals surface area contributed by atoms with Crippen molar-refractivity contribution in [2.75, 3.05) is 13.2 Å². The fourth-order valence-electron chi connectivity index (χ4n) is 2.76. The normalized spacial score (nSPS) is 11.6. The average molecular weight is 455 g/mol. The standard InChI is InChI=1S/C22H25Cl2FN2O3/c1-3-4-12-26-22(29)15(2)27(13-16-17(23)8-7-9-18(16)24)21(28)14-30-20-11-6-5-10-19(20)25/h5-11,15H,3-4,12-14H2,1-2H3,(H,26,29)/t15-/m1/s1. The smallest absolute Gasteiger partial charge is 0.261 e. The molecule has 0 aromatic heterocycles. The van der Waals surface area contributed by atoms with E-state index in [0.717, 1.165) is 12.8 Å². The summed E-state index contributed by atoms with van der Waals surface area (Å²) in [5.74, 6) is -1.41. The van der Waals surface area contributed by atoms with Crippen LogP contribution in [0.1, 0.15) is 32.3 Å². The van der Waals surface area contributed by atoms with E-state index in [4.69, 9.17) is 27.9 Å². The number of unbranched alkanes of at least 4 members (excludes halogenated alkanes) is 1. The molecule has 8 heteroatoms. The van der Waals surface area contributed by atoms with Crippen molar-refractivity contribution in [2.24, 2.45) is 0 Å². The minimum atomic E-state index is -0.800. The number of amides is 2. The maximum Gasteiger partial charge on any atom is 0.261 e. The first kappa shape index (κ1) is 24.0. The lowest BCUT2D eigenvalue weighted by Crippen LogP contribution is -2.49. The molecular formula is C22H25Cl2FN2O3. The van der Waals surface area contributed by atoms with E-state index in [9.17, 15) is 14.0 Å². The average Bonchev–Trinajstić information content (AvgIpc) is 2.72. The van der Waals surface area contributed by atoms with Crippen LogP contribution in [-0.2, 0) is 16.1 Å². The first-order chi connectivity index (χ1) is 14.3. The lowest BCUT2D eigenvalue weighted by Gasteiger charge is -2.29. The molecule has 0 radical (unpaired) electrons. The van der Waals surface area contributed by atoms with Gasteiger partial charge in [-0.15, -0.1) is 0 Å². The van der Waals surface area contributed by atoms with Gasteiger partial charge in [0.25, 0.3) is 5.91 Å². The second-order valence-electron chi connectivity index (χ2n) is 6.76. The molecule has 0 aliphatic heterocycles. The van der Waals surface area contributed by atoms with E-state index in [2.05, 4.69) is 5.32 Å². The third kappa shape index (κ3) is 6.61. The van der Waals surface area contributed by atoms with Crippen LogP contribution in [-0.4, -0.2) is 35.9 Å². The first-order valence-electron chi connectivity index (χ1n) is 9.72. The summed E-state index contributed by atoms with van der Waals surface area (Å²) in [6.07, 6.45) is 1.77. The molecule has 0 bridgehead atoms. The lowest BCUT2D eigenvalue weighted by molar-refractivity contribution is -0.142. The highest BCUT2D eigenvalue weighted by Gasteiger charge is 2.27. The highest BCUT2D eigenvalue weighted by molar-refractivity contribution is 6.36. The number of rotatable bonds is 10. The predicted octanol–water partition coefficient (Wildman–Crippen LogP) is 4.84. The van der Waals surface area contributed by atoms with Crippen molar-refractivity contribution >= 4 is 35.0 Å². The minimum Gasteiger partial charge on any atom is -0.481 e. The Morgan fingerprint density at radius 2 is 1.80 bits per heavy atom. The van der Waals surface area contributed by atoms with Crippen molar-refractivity contribution in [3.63, 3.8) is 0 Å². The molecule has 2 aromatic rings. The second-order valence-corrected chi connectivity index (χ2v) is 7.58. The number of nitrogens with zero attached hydrogens (tertiary/aromatic N) is 1. The molecule has 0 unspecified atom stereocenters. The van der Waals surface area contributed by atoms with Gasteiger partial charge in [0.2, 0.25) is 5.91 Å². The van der Waals surface area contributed by atoms with Crippen LogP contribution < -0.4 is 10.1 Å². The zero-order valence-electron chi connectivity index (χ0n) is 17.0. The quantitative estimate of drug-likeness (QED) is 0.522. The third-order valence-electron chi connectivity index (χ3n) is 4.57. The molecule has 1 atom stereocenters. The molecule has 0 fully saturated rings. The molecule has 1 N–H and O–H groups in total. The van der Waals surface area contributed by atoms with Crippen LogP contribution >= 0.6 is 23.2 Å². The third-order valence-corrected chi connectivity index (χ3v) is 5.28. The van der Waals surface area contributed by atoms with Gasteiger partial charge >= 0.3 is 0 Å². The van der Waals surface area contributed by atoms with Gasteiger partial charge in [0.15, 0.2) is 18.2 Å². The highest BCUT2D eigenvalue weighted by Crippen LogP contribution is 2.26. The molecule has 0 aliphatic rings. The summed E-state index contributed by atoms with van der Waals surface area (Å²) in [6, 6.07) is 10.0. The molecule has 0 saturated carbocycles. The van der Waals surface area contributed by atoms with Gasteiger partial charge in [0.05, 0.1) is 0 Å². The van der Waals surface area contributed by atoms with Gasteiger partial charge in [0, 0.05) is 28.7 Å². The van der Waals surface area contributed by atoms with Crippen LogP contribution in [0, 0.1) is 5.82 Å². The van der Waals surface area contributed by atoms with Gasteiger partial charge in [-0.2, -0.15) is 0 Å². The van der Waals surface area contributed by atoms with Gasteiger partial charge in [-0.1, -0.05) is 54.7 Å². The SMILES string of the molecule is CCCCNC(=O)[C@@H](C)N(Cc1c(Cl)cccc1Cl)C(=O)COc1ccccc1F. The van der Waals surface area contributed by atoms with Gasteiger partial charge in [-0.25, -0.2) is 4.39 Å². The van der Waals surface area contributed by atoms with Crippen molar-refractivity contribution < 1.29 is 18.7 Å². The molecule has 2 amide bonds. The van der Waals surface area contributed by atoms with Crippen molar-refractivity contribution in [1.82, 2.24) is 10.2 Å². The van der Waals surface area contributed by atoms with Crippen molar-refractivity contribution in [1.29, 1.82) is 0 Å². The fraction of sp³-hybridized carbons (Fsp3) is 0.364. The molecule has 162 valence electrons. The Kier molecular flexibility index (Phi) is 9.40. The summed E-state index contributed by atoms with van der Waals surface area (Å²) in [5.41, 5.74) is 0.522. The van der Waals surface area contributed by atoms with Crippen LogP contribution in [0.15, 0.2) is 42.5 Å². The summed E-state index contributed by atoms with van der Waals surface area (Å²) in [6.45, 7) is 3.73. The van der Waals surface area contributed by atoms with Crippen molar-refractivity contribution in [3.8, 4) is 5.75 Å². The second kappa shape index (κ2) is 11.8. The Bertz CT molecular complexity index is 859. The number of nitrogens with one attached hydrogen (secondary N) is 1. The number of hydrogen-bond donors (Lipinski definition) is 1. The van der Waals surface area contributed by atoms with E-state index in [1.807, 2.05) is 6.92 Å². The Morgan fingerprint density at radius 3 is 2.43 bits per heavy atom. The highest BCUT2D eigenvalue weighted by atomic mass is 35.5. The zero-order valence-corrected chi connectivity index (χ0v) is 18.5. The fourth-order valence-corrected chi connectivity index (χ4v) is 3.27. The molecule has 0 spiro atoms. The van der Waals surface area contributed by atoms with E-state index in [0.29, 0.717) is 22.2 Å². The minimum absolute atomic E-state index is 0.0142. The number of carbonyl (C=O) groups is 2. The van der Waals surface area contributed by atoms with Gasteiger partial charge in [-0.05, 0) is 37.6 Å². The van der Waals surface area contributed by atoms with Crippen molar-refractivity contribution in [2.45, 2.75) is 39.3 Å². The van der Waals surface area contributed by atoms with E-state index in [-0.39, 0.29) is 18.2 Å². The van der Waals surface area contributed by atoms with Crippen LogP contribution in [0.25, 0.3) is 0 Å². The molecule has 0 heterocycles. The van der Waals surface area contributed by atoms with Crippen LogP contribution in [0.5, 0.6) is 5.75 Å². The van der Waals surface area contributed by atoms with Crippen molar-refractivity contribution in [3.05, 3.63) is 63.9 Å².